The molecule has 0 aliphatic rings. The Morgan fingerprint density at radius 2 is 1.80 bits per heavy atom. The summed E-state index contributed by atoms with van der Waals surface area (Å²) in [7, 11) is 1.66. The van der Waals surface area contributed by atoms with E-state index in [-0.39, 0.29) is 6.04 Å². The summed E-state index contributed by atoms with van der Waals surface area (Å²) in [6, 6.07) is 13.7. The molecule has 0 amide bonds. The second-order valence-corrected chi connectivity index (χ2v) is 5.35. The quantitative estimate of drug-likeness (QED) is 0.780. The molecule has 0 saturated carbocycles. The Morgan fingerprint density at radius 3 is 2.35 bits per heavy atom. The first kappa shape index (κ1) is 15.0. The Morgan fingerprint density at radius 1 is 1.10 bits per heavy atom. The summed E-state index contributed by atoms with van der Waals surface area (Å²) in [6.07, 6.45) is 0.950. The fourth-order valence-corrected chi connectivity index (χ4v) is 2.51. The van der Waals surface area contributed by atoms with E-state index in [1.807, 2.05) is 24.3 Å². The molecule has 2 nitrogen and oxygen atoms in total. The van der Waals surface area contributed by atoms with Gasteiger partial charge in [-0.2, -0.15) is 0 Å². The second-order valence-electron chi connectivity index (χ2n) is 4.50. The summed E-state index contributed by atoms with van der Waals surface area (Å²) in [5.41, 5.74) is 2.08. The van der Waals surface area contributed by atoms with Crippen molar-refractivity contribution >= 4 is 28.9 Å². The van der Waals surface area contributed by atoms with Gasteiger partial charge in [0.25, 0.3) is 0 Å². The molecule has 4 heteroatoms. The predicted molar refractivity (Wildman–Crippen MR) is 86.1 cm³/mol. The van der Waals surface area contributed by atoms with E-state index in [9.17, 15) is 0 Å². The minimum Gasteiger partial charge on any atom is -0.497 e. The van der Waals surface area contributed by atoms with E-state index in [0.29, 0.717) is 10.0 Å². The van der Waals surface area contributed by atoms with E-state index in [1.165, 1.54) is 5.56 Å². The zero-order valence-electron chi connectivity index (χ0n) is 11.5. The number of hydrogen-bond donors (Lipinski definition) is 1. The highest BCUT2D eigenvalue weighted by Gasteiger charge is 2.11. The first-order valence-electron chi connectivity index (χ1n) is 6.49. The second kappa shape index (κ2) is 6.87. The molecule has 1 N–H and O–H groups in total. The summed E-state index contributed by atoms with van der Waals surface area (Å²) in [5, 5.41) is 4.71. The van der Waals surface area contributed by atoms with Gasteiger partial charge in [0.15, 0.2) is 0 Å². The summed E-state index contributed by atoms with van der Waals surface area (Å²) in [5.74, 6) is 0.855. The Hall–Kier alpha value is -1.38. The average Bonchev–Trinajstić information content (AvgIpc) is 2.47. The highest BCUT2D eigenvalue weighted by molar-refractivity contribution is 6.36. The first-order valence-corrected chi connectivity index (χ1v) is 7.25. The van der Waals surface area contributed by atoms with Crippen LogP contribution in [0.1, 0.15) is 24.9 Å². The van der Waals surface area contributed by atoms with Crippen LogP contribution in [0, 0.1) is 0 Å². The van der Waals surface area contributed by atoms with Crippen LogP contribution in [0.4, 0.5) is 5.69 Å². The molecular weight excluding hydrogens is 293 g/mol. The van der Waals surface area contributed by atoms with E-state index in [2.05, 4.69) is 24.4 Å². The first-order chi connectivity index (χ1) is 9.63. The molecule has 0 bridgehead atoms. The number of nitrogens with one attached hydrogen (secondary N) is 1. The van der Waals surface area contributed by atoms with Crippen molar-refractivity contribution in [1.82, 2.24) is 0 Å². The fourth-order valence-electron chi connectivity index (χ4n) is 2.05. The van der Waals surface area contributed by atoms with E-state index < -0.39 is 0 Å². The van der Waals surface area contributed by atoms with Crippen molar-refractivity contribution in [2.75, 3.05) is 12.4 Å². The Bertz CT molecular complexity index is 569. The molecule has 106 valence electrons. The van der Waals surface area contributed by atoms with Crippen molar-refractivity contribution in [3.63, 3.8) is 0 Å². The van der Waals surface area contributed by atoms with Crippen molar-refractivity contribution in [2.45, 2.75) is 19.4 Å². The minimum atomic E-state index is 0.194. The molecule has 20 heavy (non-hydrogen) atoms. The van der Waals surface area contributed by atoms with Crippen LogP contribution in [0.15, 0.2) is 42.5 Å². The van der Waals surface area contributed by atoms with Gasteiger partial charge >= 0.3 is 0 Å². The number of ether oxygens (including phenoxy) is 1. The van der Waals surface area contributed by atoms with E-state index in [1.54, 1.807) is 13.2 Å². The topological polar surface area (TPSA) is 21.3 Å². The number of benzene rings is 2. The third-order valence-corrected chi connectivity index (χ3v) is 3.74. The van der Waals surface area contributed by atoms with Crippen molar-refractivity contribution in [3.05, 3.63) is 58.1 Å². The normalized spacial score (nSPS) is 12.0. The minimum absolute atomic E-state index is 0.194. The molecule has 0 spiro atoms. The zero-order chi connectivity index (χ0) is 14.5. The van der Waals surface area contributed by atoms with Gasteiger partial charge in [0, 0.05) is 5.02 Å². The lowest BCUT2D eigenvalue weighted by molar-refractivity contribution is 0.414. The maximum Gasteiger partial charge on any atom is 0.118 e. The van der Waals surface area contributed by atoms with Crippen molar-refractivity contribution < 1.29 is 4.74 Å². The summed E-state index contributed by atoms with van der Waals surface area (Å²) < 4.78 is 5.18. The third-order valence-electron chi connectivity index (χ3n) is 3.19. The largest absolute Gasteiger partial charge is 0.497 e. The molecule has 0 fully saturated rings. The fraction of sp³-hybridized carbons (Fsp3) is 0.250. The van der Waals surface area contributed by atoms with Crippen LogP contribution in [0.25, 0.3) is 0 Å². The molecule has 1 atom stereocenters. The molecule has 2 aromatic rings. The number of halogens is 2. The van der Waals surface area contributed by atoms with Crippen LogP contribution in [0.2, 0.25) is 10.0 Å². The highest BCUT2D eigenvalue weighted by Crippen LogP contribution is 2.30. The molecule has 2 aromatic carbocycles. The Kier molecular flexibility index (Phi) is 5.16. The smallest absolute Gasteiger partial charge is 0.118 e. The van der Waals surface area contributed by atoms with Gasteiger partial charge in [-0.3, -0.25) is 0 Å². The number of anilines is 1. The van der Waals surface area contributed by atoms with Gasteiger partial charge in [-0.25, -0.2) is 0 Å². The maximum atomic E-state index is 6.20. The van der Waals surface area contributed by atoms with Gasteiger partial charge in [-0.05, 0) is 42.3 Å². The van der Waals surface area contributed by atoms with Gasteiger partial charge in [-0.15, -0.1) is 0 Å². The van der Waals surface area contributed by atoms with Crippen LogP contribution in [0.3, 0.4) is 0 Å². The molecule has 1 unspecified atom stereocenters. The number of methoxy groups -OCH3 is 1. The monoisotopic (exact) mass is 309 g/mol. The van der Waals surface area contributed by atoms with Crippen molar-refractivity contribution in [2.24, 2.45) is 0 Å². The average molecular weight is 310 g/mol. The third kappa shape index (κ3) is 3.59. The lowest BCUT2D eigenvalue weighted by atomic mass is 10.0. The van der Waals surface area contributed by atoms with Crippen LogP contribution in [0.5, 0.6) is 5.75 Å². The van der Waals surface area contributed by atoms with Gasteiger partial charge < -0.3 is 10.1 Å². The van der Waals surface area contributed by atoms with Gasteiger partial charge in [-0.1, -0.05) is 42.3 Å². The molecule has 0 saturated heterocycles. The lowest BCUT2D eigenvalue weighted by Gasteiger charge is -2.20. The molecule has 0 radical (unpaired) electrons. The van der Waals surface area contributed by atoms with Crippen LogP contribution >= 0.6 is 23.2 Å². The van der Waals surface area contributed by atoms with E-state index in [4.69, 9.17) is 27.9 Å². The van der Waals surface area contributed by atoms with E-state index in [0.717, 1.165) is 17.9 Å². The summed E-state index contributed by atoms with van der Waals surface area (Å²) in [4.78, 5) is 0. The molecular formula is C16H17Cl2NO. The van der Waals surface area contributed by atoms with Crippen LogP contribution in [-0.4, -0.2) is 7.11 Å². The van der Waals surface area contributed by atoms with Crippen LogP contribution in [-0.2, 0) is 0 Å². The standard InChI is InChI=1S/C16H17Cl2NO/c1-3-15(11-4-7-13(20-2)8-5-11)19-16-9-6-12(17)10-14(16)18/h4-10,15,19H,3H2,1-2H3. The molecule has 0 heterocycles. The molecule has 0 aliphatic heterocycles. The van der Waals surface area contributed by atoms with Crippen molar-refractivity contribution in [1.29, 1.82) is 0 Å². The molecule has 0 aliphatic carbocycles. The van der Waals surface area contributed by atoms with Gasteiger partial charge in [0.05, 0.1) is 23.9 Å². The summed E-state index contributed by atoms with van der Waals surface area (Å²) in [6.45, 7) is 2.13. The van der Waals surface area contributed by atoms with Crippen molar-refractivity contribution in [3.8, 4) is 5.75 Å². The summed E-state index contributed by atoms with van der Waals surface area (Å²) >= 11 is 12.1. The van der Waals surface area contributed by atoms with Crippen LogP contribution < -0.4 is 10.1 Å². The number of hydrogen-bond acceptors (Lipinski definition) is 2. The molecule has 2 rings (SSSR count). The maximum absolute atomic E-state index is 6.20. The Balaban J connectivity index is 2.19. The Labute approximate surface area is 129 Å². The van der Waals surface area contributed by atoms with Gasteiger partial charge in [0.2, 0.25) is 0 Å². The lowest BCUT2D eigenvalue weighted by Crippen LogP contribution is -2.09. The van der Waals surface area contributed by atoms with E-state index >= 15 is 0 Å². The predicted octanol–water partition coefficient (Wildman–Crippen LogP) is 5.57. The SMILES string of the molecule is CCC(Nc1ccc(Cl)cc1Cl)c1ccc(OC)cc1. The van der Waals surface area contributed by atoms with Gasteiger partial charge in [0.1, 0.15) is 5.75 Å². The highest BCUT2D eigenvalue weighted by atomic mass is 35.5. The zero-order valence-corrected chi connectivity index (χ0v) is 13.0. The number of rotatable bonds is 5. The molecule has 0 aromatic heterocycles.